The van der Waals surface area contributed by atoms with Gasteiger partial charge in [-0.3, -0.25) is 0 Å². The smallest absolute Gasteiger partial charge is 0.344 e. The van der Waals surface area contributed by atoms with Gasteiger partial charge in [0.25, 0.3) is 0 Å². The van der Waals surface area contributed by atoms with E-state index in [9.17, 15) is 4.79 Å². The number of ether oxygens (including phenoxy) is 2. The molecule has 0 aliphatic heterocycles. The fourth-order valence-corrected chi connectivity index (χ4v) is 3.75. The van der Waals surface area contributed by atoms with Gasteiger partial charge in [0.1, 0.15) is 18.1 Å². The molecule has 0 saturated heterocycles. The Balaban J connectivity index is 1.54. The molecule has 0 unspecified atom stereocenters. The Bertz CT molecular complexity index is 1360. The first-order chi connectivity index (χ1) is 15.3. The van der Waals surface area contributed by atoms with Crippen molar-refractivity contribution in [3.05, 3.63) is 120 Å². The van der Waals surface area contributed by atoms with Gasteiger partial charge in [0.2, 0.25) is 0 Å². The van der Waals surface area contributed by atoms with E-state index in [2.05, 4.69) is 24.3 Å². The second-order valence-corrected chi connectivity index (χ2v) is 7.32. The van der Waals surface area contributed by atoms with Gasteiger partial charge in [0.15, 0.2) is 0 Å². The number of carbonyl (C=O) groups is 1. The standard InChI is InChI=1S/C28H20O3/c29-28(31-24-14-5-2-6-15-24)25-16-8-10-21-17-20-9-7-11-22(26(20)18-27(21)25)19-30-23-12-3-1-4-13-23/h1-18H,19H2. The van der Waals surface area contributed by atoms with Gasteiger partial charge in [-0.05, 0) is 69.6 Å². The summed E-state index contributed by atoms with van der Waals surface area (Å²) in [5.41, 5.74) is 1.61. The van der Waals surface area contributed by atoms with E-state index in [-0.39, 0.29) is 5.97 Å². The third-order valence-corrected chi connectivity index (χ3v) is 5.28. The van der Waals surface area contributed by atoms with Crippen molar-refractivity contribution in [2.75, 3.05) is 0 Å². The molecule has 0 aromatic heterocycles. The highest BCUT2D eigenvalue weighted by Gasteiger charge is 2.14. The average Bonchev–Trinajstić information content (AvgIpc) is 2.82. The summed E-state index contributed by atoms with van der Waals surface area (Å²) < 4.78 is 11.6. The van der Waals surface area contributed by atoms with Crippen LogP contribution in [0.4, 0.5) is 0 Å². The number of esters is 1. The van der Waals surface area contributed by atoms with Crippen LogP contribution in [-0.2, 0) is 6.61 Å². The molecule has 0 N–H and O–H groups in total. The van der Waals surface area contributed by atoms with Crippen LogP contribution in [0, 0.1) is 0 Å². The molecule has 0 heterocycles. The number of benzene rings is 5. The number of carbonyl (C=O) groups excluding carboxylic acids is 1. The Morgan fingerprint density at radius 3 is 2.00 bits per heavy atom. The largest absolute Gasteiger partial charge is 0.489 e. The first kappa shape index (κ1) is 18.9. The molecular formula is C28H20O3. The lowest BCUT2D eigenvalue weighted by Crippen LogP contribution is -2.09. The summed E-state index contributed by atoms with van der Waals surface area (Å²) in [6, 6.07) is 34.9. The molecule has 5 aromatic rings. The molecule has 0 aliphatic carbocycles. The lowest BCUT2D eigenvalue weighted by atomic mass is 9.97. The Kier molecular flexibility index (Phi) is 5.07. The van der Waals surface area contributed by atoms with Crippen LogP contribution in [0.3, 0.4) is 0 Å². The van der Waals surface area contributed by atoms with Crippen LogP contribution in [0.25, 0.3) is 21.5 Å². The van der Waals surface area contributed by atoms with Crippen LogP contribution >= 0.6 is 0 Å². The quantitative estimate of drug-likeness (QED) is 0.184. The van der Waals surface area contributed by atoms with Gasteiger partial charge < -0.3 is 9.47 Å². The van der Waals surface area contributed by atoms with Crippen molar-refractivity contribution >= 4 is 27.5 Å². The van der Waals surface area contributed by atoms with Gasteiger partial charge in [-0.25, -0.2) is 4.79 Å². The molecule has 0 fully saturated rings. The van der Waals surface area contributed by atoms with Crippen LogP contribution in [0.2, 0.25) is 0 Å². The number of fused-ring (bicyclic) bond motifs is 2. The maximum absolute atomic E-state index is 12.9. The zero-order chi connectivity index (χ0) is 21.0. The summed E-state index contributed by atoms with van der Waals surface area (Å²) in [5, 5.41) is 4.03. The summed E-state index contributed by atoms with van der Waals surface area (Å²) in [6.45, 7) is 0.448. The van der Waals surface area contributed by atoms with Gasteiger partial charge in [-0.15, -0.1) is 0 Å². The molecule has 31 heavy (non-hydrogen) atoms. The molecule has 3 heteroatoms. The molecule has 3 nitrogen and oxygen atoms in total. The molecule has 0 saturated carbocycles. The van der Waals surface area contributed by atoms with Crippen molar-refractivity contribution in [1.29, 1.82) is 0 Å². The predicted molar refractivity (Wildman–Crippen MR) is 124 cm³/mol. The zero-order valence-electron chi connectivity index (χ0n) is 16.8. The highest BCUT2D eigenvalue weighted by atomic mass is 16.5. The SMILES string of the molecule is O=C(Oc1ccccc1)c1cccc2cc3cccc(COc4ccccc4)c3cc12. The first-order valence-corrected chi connectivity index (χ1v) is 10.2. The van der Waals surface area contributed by atoms with Crippen LogP contribution < -0.4 is 9.47 Å². The average molecular weight is 404 g/mol. The van der Waals surface area contributed by atoms with E-state index < -0.39 is 0 Å². The third kappa shape index (κ3) is 3.99. The van der Waals surface area contributed by atoms with Crippen molar-refractivity contribution in [3.8, 4) is 11.5 Å². The van der Waals surface area contributed by atoms with E-state index in [1.54, 1.807) is 12.1 Å². The van der Waals surface area contributed by atoms with E-state index >= 15 is 0 Å². The Morgan fingerprint density at radius 2 is 1.26 bits per heavy atom. The molecule has 150 valence electrons. The normalized spacial score (nSPS) is 10.8. The second kappa shape index (κ2) is 8.33. The molecule has 5 rings (SSSR count). The van der Waals surface area contributed by atoms with E-state index in [0.717, 1.165) is 32.9 Å². The number of rotatable bonds is 5. The van der Waals surface area contributed by atoms with Crippen LogP contribution in [0.1, 0.15) is 15.9 Å². The first-order valence-electron chi connectivity index (χ1n) is 10.2. The summed E-state index contributed by atoms with van der Waals surface area (Å²) in [4.78, 5) is 12.9. The monoisotopic (exact) mass is 404 g/mol. The summed E-state index contributed by atoms with van der Waals surface area (Å²) in [7, 11) is 0. The zero-order valence-corrected chi connectivity index (χ0v) is 16.8. The van der Waals surface area contributed by atoms with E-state index in [1.165, 1.54) is 0 Å². The summed E-state index contributed by atoms with van der Waals surface area (Å²) in [6.07, 6.45) is 0. The molecule has 0 aliphatic rings. The van der Waals surface area contributed by atoms with Crippen LogP contribution in [0.5, 0.6) is 11.5 Å². The fourth-order valence-electron chi connectivity index (χ4n) is 3.75. The lowest BCUT2D eigenvalue weighted by molar-refractivity contribution is 0.0737. The van der Waals surface area contributed by atoms with Crippen molar-refractivity contribution in [1.82, 2.24) is 0 Å². The number of hydrogen-bond acceptors (Lipinski definition) is 3. The third-order valence-electron chi connectivity index (χ3n) is 5.28. The van der Waals surface area contributed by atoms with Gasteiger partial charge in [0, 0.05) is 0 Å². The Hall–Kier alpha value is -4.11. The number of para-hydroxylation sites is 2. The molecule has 0 radical (unpaired) electrons. The van der Waals surface area contributed by atoms with E-state index in [4.69, 9.17) is 9.47 Å². The lowest BCUT2D eigenvalue weighted by Gasteiger charge is -2.12. The second-order valence-electron chi connectivity index (χ2n) is 7.32. The minimum atomic E-state index is -0.367. The maximum Gasteiger partial charge on any atom is 0.344 e. The summed E-state index contributed by atoms with van der Waals surface area (Å²) in [5.74, 6) is 0.990. The van der Waals surface area contributed by atoms with Gasteiger partial charge in [-0.2, -0.15) is 0 Å². The van der Waals surface area contributed by atoms with Crippen LogP contribution in [-0.4, -0.2) is 5.97 Å². The van der Waals surface area contributed by atoms with Crippen LogP contribution in [0.15, 0.2) is 109 Å². The number of hydrogen-bond donors (Lipinski definition) is 0. The predicted octanol–water partition coefficient (Wildman–Crippen LogP) is 6.79. The summed E-state index contributed by atoms with van der Waals surface area (Å²) >= 11 is 0. The van der Waals surface area contributed by atoms with Gasteiger partial charge in [-0.1, -0.05) is 66.7 Å². The minimum Gasteiger partial charge on any atom is -0.489 e. The Labute approximate surface area is 180 Å². The molecule has 0 bridgehead atoms. The highest BCUT2D eigenvalue weighted by molar-refractivity contribution is 6.09. The van der Waals surface area contributed by atoms with Gasteiger partial charge >= 0.3 is 5.97 Å². The molecule has 0 atom stereocenters. The molecule has 0 amide bonds. The van der Waals surface area contributed by atoms with E-state index in [1.807, 2.05) is 72.8 Å². The van der Waals surface area contributed by atoms with E-state index in [0.29, 0.717) is 17.9 Å². The topological polar surface area (TPSA) is 35.5 Å². The molecule has 0 spiro atoms. The highest BCUT2D eigenvalue weighted by Crippen LogP contribution is 2.29. The maximum atomic E-state index is 12.9. The van der Waals surface area contributed by atoms with Crippen molar-refractivity contribution in [2.45, 2.75) is 6.61 Å². The van der Waals surface area contributed by atoms with Gasteiger partial charge in [0.05, 0.1) is 5.56 Å². The fraction of sp³-hybridized carbons (Fsp3) is 0.0357. The van der Waals surface area contributed by atoms with Crippen molar-refractivity contribution in [3.63, 3.8) is 0 Å². The van der Waals surface area contributed by atoms with Crippen molar-refractivity contribution < 1.29 is 14.3 Å². The minimum absolute atomic E-state index is 0.367. The molecular weight excluding hydrogens is 384 g/mol. The Morgan fingerprint density at radius 1 is 0.613 bits per heavy atom. The van der Waals surface area contributed by atoms with Crippen molar-refractivity contribution in [2.24, 2.45) is 0 Å². The molecule has 5 aromatic carbocycles.